The molecule has 23 heavy (non-hydrogen) atoms. The Kier molecular flexibility index (Phi) is 9.25. The fourth-order valence-corrected chi connectivity index (χ4v) is 1.82. The van der Waals surface area contributed by atoms with Gasteiger partial charge in [-0.25, -0.2) is 4.98 Å². The van der Waals surface area contributed by atoms with E-state index in [2.05, 4.69) is 15.3 Å². The molecule has 9 heteroatoms. The van der Waals surface area contributed by atoms with Gasteiger partial charge < -0.3 is 15.1 Å². The van der Waals surface area contributed by atoms with Crippen molar-refractivity contribution in [2.45, 2.75) is 12.6 Å². The van der Waals surface area contributed by atoms with Crippen LogP contribution in [0.25, 0.3) is 0 Å². The molecule has 0 bridgehead atoms. The van der Waals surface area contributed by atoms with Gasteiger partial charge in [0, 0.05) is 47.5 Å². The Morgan fingerprint density at radius 3 is 2.22 bits per heavy atom. The predicted octanol–water partition coefficient (Wildman–Crippen LogP) is 3.00. The highest BCUT2D eigenvalue weighted by Crippen LogP contribution is 2.28. The van der Waals surface area contributed by atoms with Gasteiger partial charge in [-0.15, -0.1) is 24.0 Å². The zero-order chi connectivity index (χ0) is 16.8. The van der Waals surface area contributed by atoms with E-state index in [1.165, 1.54) is 6.07 Å². The monoisotopic (exact) mass is 445 g/mol. The van der Waals surface area contributed by atoms with Crippen LogP contribution in [-0.4, -0.2) is 62.0 Å². The van der Waals surface area contributed by atoms with Crippen molar-refractivity contribution in [1.82, 2.24) is 14.8 Å². The molecule has 0 spiro atoms. The Bertz CT molecular complexity index is 476. The van der Waals surface area contributed by atoms with Crippen LogP contribution in [0.1, 0.15) is 12.0 Å². The maximum absolute atomic E-state index is 12.4. The zero-order valence-electron chi connectivity index (χ0n) is 13.7. The standard InChI is InChI=1S/C14H22F3N5.HI/c1-21(2)13(22(3)4)19-9-5-8-18-12-7-6-11(10-20-12)14(15,16)17;/h6-7,10H,5,8-9H2,1-4H3,(H,18,20);1H. The van der Waals surface area contributed by atoms with Crippen molar-refractivity contribution in [2.75, 3.05) is 46.6 Å². The Labute approximate surface area is 152 Å². The van der Waals surface area contributed by atoms with Crippen molar-refractivity contribution < 1.29 is 13.2 Å². The van der Waals surface area contributed by atoms with E-state index in [1.807, 2.05) is 38.0 Å². The van der Waals surface area contributed by atoms with E-state index >= 15 is 0 Å². The van der Waals surface area contributed by atoms with E-state index in [4.69, 9.17) is 0 Å². The first-order chi connectivity index (χ1) is 10.2. The minimum Gasteiger partial charge on any atom is -0.370 e. The number of halogens is 4. The highest BCUT2D eigenvalue weighted by Gasteiger charge is 2.30. The number of nitrogens with one attached hydrogen (secondary N) is 1. The molecule has 0 radical (unpaired) electrons. The number of guanidine groups is 1. The third kappa shape index (κ3) is 7.71. The average Bonchev–Trinajstić information content (AvgIpc) is 2.41. The van der Waals surface area contributed by atoms with Crippen LogP contribution in [0.2, 0.25) is 0 Å². The molecule has 0 saturated carbocycles. The van der Waals surface area contributed by atoms with Crippen molar-refractivity contribution in [3.8, 4) is 0 Å². The molecular weight excluding hydrogens is 422 g/mol. The van der Waals surface area contributed by atoms with E-state index in [-0.39, 0.29) is 24.0 Å². The van der Waals surface area contributed by atoms with Crippen molar-refractivity contribution >= 4 is 35.8 Å². The number of hydrogen-bond acceptors (Lipinski definition) is 3. The molecule has 0 aliphatic rings. The third-order valence-electron chi connectivity index (χ3n) is 2.79. The van der Waals surface area contributed by atoms with Crippen molar-refractivity contribution in [2.24, 2.45) is 4.99 Å². The quantitative estimate of drug-likeness (QED) is 0.328. The maximum Gasteiger partial charge on any atom is 0.417 e. The molecule has 5 nitrogen and oxygen atoms in total. The number of aliphatic imine (C=N–C) groups is 1. The number of hydrogen-bond donors (Lipinski definition) is 1. The summed E-state index contributed by atoms with van der Waals surface area (Å²) < 4.78 is 37.2. The van der Waals surface area contributed by atoms with Crippen molar-refractivity contribution in [1.29, 1.82) is 0 Å². The summed E-state index contributed by atoms with van der Waals surface area (Å²) in [4.78, 5) is 12.1. The van der Waals surface area contributed by atoms with E-state index in [0.717, 1.165) is 24.6 Å². The van der Waals surface area contributed by atoms with Gasteiger partial charge in [-0.3, -0.25) is 4.99 Å². The Morgan fingerprint density at radius 2 is 1.78 bits per heavy atom. The summed E-state index contributed by atoms with van der Waals surface area (Å²) in [6.45, 7) is 1.22. The average molecular weight is 445 g/mol. The fraction of sp³-hybridized carbons (Fsp3) is 0.571. The second-order valence-corrected chi connectivity index (χ2v) is 5.18. The van der Waals surface area contributed by atoms with Gasteiger partial charge in [-0.05, 0) is 18.6 Å². The summed E-state index contributed by atoms with van der Waals surface area (Å²) in [7, 11) is 7.68. The fourth-order valence-electron chi connectivity index (χ4n) is 1.82. The van der Waals surface area contributed by atoms with Crippen LogP contribution in [0.5, 0.6) is 0 Å². The van der Waals surface area contributed by atoms with Crippen LogP contribution in [-0.2, 0) is 6.18 Å². The second-order valence-electron chi connectivity index (χ2n) is 5.18. The normalized spacial score (nSPS) is 10.6. The van der Waals surface area contributed by atoms with Crippen LogP contribution in [0.3, 0.4) is 0 Å². The molecule has 1 aromatic heterocycles. The summed E-state index contributed by atoms with van der Waals surface area (Å²) in [6, 6.07) is 2.35. The zero-order valence-corrected chi connectivity index (χ0v) is 16.0. The van der Waals surface area contributed by atoms with Gasteiger partial charge in [-0.1, -0.05) is 0 Å². The topological polar surface area (TPSA) is 43.8 Å². The number of alkyl halides is 3. The molecule has 132 valence electrons. The molecule has 0 amide bonds. The highest BCUT2D eigenvalue weighted by atomic mass is 127. The number of rotatable bonds is 5. The summed E-state index contributed by atoms with van der Waals surface area (Å²) in [6.07, 6.45) is -2.76. The smallest absolute Gasteiger partial charge is 0.370 e. The first-order valence-electron chi connectivity index (χ1n) is 6.88. The first kappa shape index (κ1) is 21.7. The molecule has 0 aliphatic carbocycles. The molecule has 0 aromatic carbocycles. The number of aromatic nitrogens is 1. The highest BCUT2D eigenvalue weighted by molar-refractivity contribution is 14.0. The van der Waals surface area contributed by atoms with Gasteiger partial charge in [0.15, 0.2) is 5.96 Å². The minimum atomic E-state index is -4.35. The van der Waals surface area contributed by atoms with E-state index < -0.39 is 11.7 Å². The summed E-state index contributed by atoms with van der Waals surface area (Å²) in [5.74, 6) is 1.30. The summed E-state index contributed by atoms with van der Waals surface area (Å²) in [5, 5.41) is 2.98. The van der Waals surface area contributed by atoms with Gasteiger partial charge in [0.2, 0.25) is 0 Å². The second kappa shape index (κ2) is 9.78. The third-order valence-corrected chi connectivity index (χ3v) is 2.79. The van der Waals surface area contributed by atoms with Gasteiger partial charge in [-0.2, -0.15) is 13.2 Å². The lowest BCUT2D eigenvalue weighted by molar-refractivity contribution is -0.137. The molecule has 0 aliphatic heterocycles. The first-order valence-corrected chi connectivity index (χ1v) is 6.88. The number of anilines is 1. The summed E-state index contributed by atoms with van der Waals surface area (Å²) >= 11 is 0. The number of nitrogens with zero attached hydrogens (tertiary/aromatic N) is 4. The lowest BCUT2D eigenvalue weighted by Crippen LogP contribution is -2.35. The molecule has 1 N–H and O–H groups in total. The molecule has 0 saturated heterocycles. The van der Waals surface area contributed by atoms with E-state index in [9.17, 15) is 13.2 Å². The Balaban J connectivity index is 0.00000484. The van der Waals surface area contributed by atoms with E-state index in [0.29, 0.717) is 18.9 Å². The van der Waals surface area contributed by atoms with Crippen LogP contribution in [0.15, 0.2) is 23.3 Å². The minimum absolute atomic E-state index is 0. The molecular formula is C14H23F3IN5. The SMILES string of the molecule is CN(C)C(=NCCCNc1ccc(C(F)(F)F)cn1)N(C)C.I. The van der Waals surface area contributed by atoms with Gasteiger partial charge in [0.1, 0.15) is 5.82 Å². The van der Waals surface area contributed by atoms with Crippen molar-refractivity contribution in [3.63, 3.8) is 0 Å². The van der Waals surface area contributed by atoms with Crippen LogP contribution < -0.4 is 5.32 Å². The number of pyridine rings is 1. The van der Waals surface area contributed by atoms with Gasteiger partial charge in [0.05, 0.1) is 5.56 Å². The Morgan fingerprint density at radius 1 is 1.17 bits per heavy atom. The summed E-state index contributed by atoms with van der Waals surface area (Å²) in [5.41, 5.74) is -0.746. The Hall–Kier alpha value is -1.26. The molecule has 0 fully saturated rings. The molecule has 1 aromatic rings. The largest absolute Gasteiger partial charge is 0.417 e. The van der Waals surface area contributed by atoms with E-state index in [1.54, 1.807) is 0 Å². The maximum atomic E-state index is 12.4. The molecule has 0 atom stereocenters. The molecule has 1 rings (SSSR count). The molecule has 1 heterocycles. The predicted molar refractivity (Wildman–Crippen MR) is 97.4 cm³/mol. The molecule has 0 unspecified atom stereocenters. The lowest BCUT2D eigenvalue weighted by Gasteiger charge is -2.22. The van der Waals surface area contributed by atoms with Crippen molar-refractivity contribution in [3.05, 3.63) is 23.9 Å². The lowest BCUT2D eigenvalue weighted by atomic mass is 10.3. The van der Waals surface area contributed by atoms with Gasteiger partial charge >= 0.3 is 6.18 Å². The van der Waals surface area contributed by atoms with Gasteiger partial charge in [0.25, 0.3) is 0 Å². The van der Waals surface area contributed by atoms with Crippen LogP contribution >= 0.6 is 24.0 Å². The van der Waals surface area contributed by atoms with Crippen LogP contribution in [0.4, 0.5) is 19.0 Å². The van der Waals surface area contributed by atoms with Crippen LogP contribution in [0, 0.1) is 0 Å².